The Hall–Kier alpha value is -5.12. The van der Waals surface area contributed by atoms with Crippen LogP contribution in [-0.2, 0) is 31.9 Å². The average molecular weight is 1160 g/mol. The fourth-order valence-electron chi connectivity index (χ4n) is 13.4. The Morgan fingerprint density at radius 3 is 2.04 bits per heavy atom. The maximum atomic E-state index is 12.6. The number of pyridine rings is 2. The Morgan fingerprint density at radius 2 is 1.36 bits per heavy atom. The molecule has 74 heavy (non-hydrogen) atoms. The van der Waals surface area contributed by atoms with E-state index < -0.39 is 0 Å². The van der Waals surface area contributed by atoms with Gasteiger partial charge < -0.3 is 5.11 Å². The number of nitrogens with zero attached hydrogens (tertiary/aromatic N) is 4. The number of imidazole rings is 1. The van der Waals surface area contributed by atoms with Crippen molar-refractivity contribution in [1.82, 2.24) is 19.5 Å². The van der Waals surface area contributed by atoms with Gasteiger partial charge in [-0.15, -0.1) is 18.2 Å². The molecule has 8 aromatic rings. The standard InChI is InChI=1S/C68H79N4O.Pt/c1-42(2)53-37-48(47-25-32-67(10,11)33-26-47)20-23-59(53)72-60-24-21-52-43(3)70-57-22-19-50(38-54(57)61(52)62(60)71-64(72)55-40-51(65(4,5)6)41-56(63(55)73)66(7,8)9)58-39-49(29-36-69-58)45-17-15-44(16-18-45)46-27-34-68(35-28-46)30-13-12-14-31-68;/h15-24,29,36-37,39-42,46-47,73H,12-14,25-28,30-35H2,1-11H3;/q-1;. The van der Waals surface area contributed by atoms with Crippen molar-refractivity contribution in [3.05, 3.63) is 137 Å². The van der Waals surface area contributed by atoms with Crippen molar-refractivity contribution >= 4 is 32.7 Å². The van der Waals surface area contributed by atoms with Crippen molar-refractivity contribution in [2.24, 2.45) is 10.8 Å². The van der Waals surface area contributed by atoms with Gasteiger partial charge in [0.1, 0.15) is 11.6 Å². The molecule has 0 radical (unpaired) electrons. The van der Waals surface area contributed by atoms with E-state index in [1.54, 1.807) is 0 Å². The summed E-state index contributed by atoms with van der Waals surface area (Å²) in [6.45, 7) is 24.9. The van der Waals surface area contributed by atoms with E-state index in [2.05, 4.69) is 178 Å². The molecule has 11 rings (SSSR count). The molecule has 5 nitrogen and oxygen atoms in total. The maximum Gasteiger partial charge on any atom is 0.148 e. The first-order valence-electron chi connectivity index (χ1n) is 28.0. The number of hydrogen-bond donors (Lipinski definition) is 1. The molecule has 3 aliphatic carbocycles. The molecular formula is C68H79N4OPt-. The quantitative estimate of drug-likeness (QED) is 0.128. The van der Waals surface area contributed by atoms with Crippen LogP contribution in [0.4, 0.5) is 0 Å². The van der Waals surface area contributed by atoms with Crippen LogP contribution in [0.1, 0.15) is 204 Å². The molecule has 3 fully saturated rings. The van der Waals surface area contributed by atoms with Crippen LogP contribution < -0.4 is 0 Å². The molecular weight excluding hydrogens is 1080 g/mol. The fourth-order valence-corrected chi connectivity index (χ4v) is 13.4. The molecule has 3 aromatic heterocycles. The maximum absolute atomic E-state index is 12.6. The monoisotopic (exact) mass is 1160 g/mol. The Morgan fingerprint density at radius 1 is 0.689 bits per heavy atom. The number of phenolic OH excluding ortho intramolecular Hbond substituents is 1. The number of phenols is 1. The number of aromatic hydroxyl groups is 1. The zero-order valence-electron chi connectivity index (χ0n) is 46.2. The van der Waals surface area contributed by atoms with Crippen LogP contribution in [0, 0.1) is 23.8 Å². The van der Waals surface area contributed by atoms with Gasteiger partial charge in [-0.25, -0.2) is 4.98 Å². The van der Waals surface area contributed by atoms with Crippen LogP contribution in [0.3, 0.4) is 0 Å². The second kappa shape index (κ2) is 19.8. The molecule has 0 aliphatic heterocycles. The number of aromatic nitrogens is 4. The van der Waals surface area contributed by atoms with Gasteiger partial charge >= 0.3 is 0 Å². The Kier molecular flexibility index (Phi) is 14.0. The van der Waals surface area contributed by atoms with Gasteiger partial charge in [-0.05, 0) is 184 Å². The number of aryl methyl sites for hydroxylation is 1. The molecule has 3 saturated carbocycles. The number of fused-ring (bicyclic) bond motifs is 5. The SMILES string of the molecule is Cc1nc2ccc(-c3cc(-c4ccc(C5CCC6(CCCCC6)CC5)cc4)ccn3)[c-]c2c2c1ccc1c2nc(-c2cc(C(C)(C)C)cc(C(C)(C)C)c2O)n1-c1ccc(C2CCC(C)(C)CC2)cc1C(C)C.[Pt]. The smallest absolute Gasteiger partial charge is 0.148 e. The number of hydrogen-bond acceptors (Lipinski definition) is 4. The predicted molar refractivity (Wildman–Crippen MR) is 306 cm³/mol. The van der Waals surface area contributed by atoms with E-state index in [9.17, 15) is 5.11 Å². The molecule has 1 N–H and O–H groups in total. The van der Waals surface area contributed by atoms with E-state index in [-0.39, 0.29) is 43.6 Å². The first-order chi connectivity index (χ1) is 34.8. The molecule has 3 heterocycles. The van der Waals surface area contributed by atoms with E-state index in [4.69, 9.17) is 15.0 Å². The van der Waals surface area contributed by atoms with Crippen LogP contribution in [0.5, 0.6) is 5.75 Å². The van der Waals surface area contributed by atoms with Gasteiger partial charge in [0.15, 0.2) is 0 Å². The summed E-state index contributed by atoms with van der Waals surface area (Å²) in [4.78, 5) is 15.9. The van der Waals surface area contributed by atoms with Gasteiger partial charge in [0, 0.05) is 44.2 Å². The molecule has 1 spiro atoms. The van der Waals surface area contributed by atoms with Gasteiger partial charge in [-0.1, -0.05) is 154 Å². The molecule has 0 atom stereocenters. The summed E-state index contributed by atoms with van der Waals surface area (Å²) in [6.07, 6.45) is 19.5. The third-order valence-corrected chi connectivity index (χ3v) is 18.1. The molecule has 6 heteroatoms. The largest absolute Gasteiger partial charge is 0.507 e. The molecule has 0 unspecified atom stereocenters. The summed E-state index contributed by atoms with van der Waals surface area (Å²) in [5.41, 5.74) is 16.5. The van der Waals surface area contributed by atoms with E-state index >= 15 is 0 Å². The normalized spacial score (nSPS) is 17.7. The van der Waals surface area contributed by atoms with Gasteiger partial charge in [-0.3, -0.25) is 14.5 Å². The van der Waals surface area contributed by atoms with Crippen LogP contribution >= 0.6 is 0 Å². The zero-order chi connectivity index (χ0) is 51.2. The first kappa shape index (κ1) is 52.3. The van der Waals surface area contributed by atoms with Crippen LogP contribution in [0.25, 0.3) is 72.2 Å². The minimum absolute atomic E-state index is 0. The summed E-state index contributed by atoms with van der Waals surface area (Å²) in [7, 11) is 0. The van der Waals surface area contributed by atoms with E-state index in [1.807, 2.05) is 6.20 Å². The van der Waals surface area contributed by atoms with Crippen LogP contribution in [0.15, 0.2) is 97.2 Å². The number of rotatable bonds is 7. The number of benzene rings is 5. The Balaban J connectivity index is 0.00000626. The first-order valence-corrected chi connectivity index (χ1v) is 28.0. The van der Waals surface area contributed by atoms with Crippen molar-refractivity contribution in [1.29, 1.82) is 0 Å². The van der Waals surface area contributed by atoms with Crippen LogP contribution in [0.2, 0.25) is 0 Å². The van der Waals surface area contributed by atoms with Gasteiger partial charge in [-0.2, -0.15) is 0 Å². The van der Waals surface area contributed by atoms with Gasteiger partial charge in [0.05, 0.1) is 22.3 Å². The summed E-state index contributed by atoms with van der Waals surface area (Å²) < 4.78 is 2.36. The minimum Gasteiger partial charge on any atom is -0.507 e. The topological polar surface area (TPSA) is 63.8 Å². The third-order valence-electron chi connectivity index (χ3n) is 18.1. The summed E-state index contributed by atoms with van der Waals surface area (Å²) >= 11 is 0. The molecule has 0 amide bonds. The van der Waals surface area contributed by atoms with E-state index in [0.717, 1.165) is 77.9 Å². The van der Waals surface area contributed by atoms with Crippen molar-refractivity contribution in [2.45, 2.75) is 188 Å². The van der Waals surface area contributed by atoms with Crippen molar-refractivity contribution < 1.29 is 26.2 Å². The summed E-state index contributed by atoms with van der Waals surface area (Å²) in [6, 6.07) is 38.0. The van der Waals surface area contributed by atoms with Gasteiger partial charge in [0.2, 0.25) is 0 Å². The Bertz CT molecular complexity index is 3370. The Labute approximate surface area is 456 Å². The summed E-state index contributed by atoms with van der Waals surface area (Å²) in [5, 5.41) is 15.6. The second-order valence-electron chi connectivity index (χ2n) is 26.2. The van der Waals surface area contributed by atoms with Crippen molar-refractivity contribution in [3.63, 3.8) is 0 Å². The minimum atomic E-state index is -0.310. The van der Waals surface area contributed by atoms with E-state index in [0.29, 0.717) is 22.7 Å². The molecule has 5 aromatic carbocycles. The van der Waals surface area contributed by atoms with Crippen LogP contribution in [-0.4, -0.2) is 24.6 Å². The molecule has 3 aliphatic rings. The molecule has 0 bridgehead atoms. The van der Waals surface area contributed by atoms with Crippen molar-refractivity contribution in [2.75, 3.05) is 0 Å². The second-order valence-corrected chi connectivity index (χ2v) is 26.2. The summed E-state index contributed by atoms with van der Waals surface area (Å²) in [5.74, 6) is 2.48. The molecule has 0 saturated heterocycles. The average Bonchev–Trinajstić information content (AvgIpc) is 3.77. The predicted octanol–water partition coefficient (Wildman–Crippen LogP) is 18.9. The van der Waals surface area contributed by atoms with E-state index in [1.165, 1.54) is 111 Å². The van der Waals surface area contributed by atoms with Gasteiger partial charge in [0.25, 0.3) is 0 Å². The molecule has 388 valence electrons. The third kappa shape index (κ3) is 9.82. The fraction of sp³-hybridized carbons (Fsp3) is 0.456. The zero-order valence-corrected chi connectivity index (χ0v) is 48.5. The van der Waals surface area contributed by atoms with Crippen molar-refractivity contribution in [3.8, 4) is 45.2 Å².